The molecule has 1 aliphatic heterocycles. The highest BCUT2D eigenvalue weighted by molar-refractivity contribution is 5.77. The number of rotatable bonds is 4. The van der Waals surface area contributed by atoms with Gasteiger partial charge in [-0.2, -0.15) is 5.10 Å². The second kappa shape index (κ2) is 7.11. The highest BCUT2D eigenvalue weighted by Gasteiger charge is 2.25. The van der Waals surface area contributed by atoms with Crippen LogP contribution in [-0.4, -0.2) is 50.1 Å². The van der Waals surface area contributed by atoms with Crippen molar-refractivity contribution >= 4 is 11.6 Å². The van der Waals surface area contributed by atoms with Gasteiger partial charge in [0.25, 0.3) is 5.91 Å². The molecule has 0 aromatic carbocycles. The lowest BCUT2D eigenvalue weighted by Crippen LogP contribution is -2.40. The van der Waals surface area contributed by atoms with Crippen molar-refractivity contribution in [1.29, 1.82) is 0 Å². The van der Waals surface area contributed by atoms with Gasteiger partial charge in [0.05, 0.1) is 11.9 Å². The van der Waals surface area contributed by atoms with E-state index in [2.05, 4.69) is 15.1 Å². The summed E-state index contributed by atoms with van der Waals surface area (Å²) in [5.74, 6) is 1.01. The first kappa shape index (κ1) is 16.5. The number of pyridine rings is 1. The van der Waals surface area contributed by atoms with E-state index in [1.165, 1.54) is 5.69 Å². The standard InChI is InChI=1S/C19H21N5O2/c1-14-11-18-21-8-4-17(24(18)22-14)15-5-9-23(10-6-15)19(25)13-26-16-3-2-7-20-12-16/h2-4,7-8,11-12,15H,5-6,9-10,13H2,1H3. The summed E-state index contributed by atoms with van der Waals surface area (Å²) in [5.41, 5.74) is 3.01. The molecule has 3 aromatic rings. The van der Waals surface area contributed by atoms with Gasteiger partial charge in [-0.3, -0.25) is 9.78 Å². The Morgan fingerprint density at radius 2 is 2.12 bits per heavy atom. The van der Waals surface area contributed by atoms with Crippen LogP contribution in [0.25, 0.3) is 5.65 Å². The van der Waals surface area contributed by atoms with Crippen LogP contribution in [0.3, 0.4) is 0 Å². The topological polar surface area (TPSA) is 72.6 Å². The molecule has 1 saturated heterocycles. The van der Waals surface area contributed by atoms with Crippen molar-refractivity contribution in [2.45, 2.75) is 25.7 Å². The molecule has 134 valence electrons. The lowest BCUT2D eigenvalue weighted by atomic mass is 9.93. The SMILES string of the molecule is Cc1cc2nccc(C3CCN(C(=O)COc4cccnc4)CC3)n2n1. The number of aryl methyl sites for hydroxylation is 1. The number of amides is 1. The van der Waals surface area contributed by atoms with Crippen LogP contribution in [0.2, 0.25) is 0 Å². The van der Waals surface area contributed by atoms with E-state index in [9.17, 15) is 4.79 Å². The monoisotopic (exact) mass is 351 g/mol. The summed E-state index contributed by atoms with van der Waals surface area (Å²) in [7, 11) is 0. The zero-order chi connectivity index (χ0) is 17.9. The quantitative estimate of drug-likeness (QED) is 0.721. The largest absolute Gasteiger partial charge is 0.482 e. The van der Waals surface area contributed by atoms with Crippen molar-refractivity contribution in [1.82, 2.24) is 24.5 Å². The smallest absolute Gasteiger partial charge is 0.260 e. The van der Waals surface area contributed by atoms with Crippen molar-refractivity contribution in [2.24, 2.45) is 0 Å². The van der Waals surface area contributed by atoms with Gasteiger partial charge in [0, 0.05) is 43.2 Å². The van der Waals surface area contributed by atoms with Crippen LogP contribution in [0.1, 0.15) is 30.1 Å². The Kier molecular flexibility index (Phi) is 4.51. The molecule has 0 N–H and O–H groups in total. The first-order valence-electron chi connectivity index (χ1n) is 8.82. The molecule has 1 aliphatic rings. The van der Waals surface area contributed by atoms with Crippen molar-refractivity contribution in [3.8, 4) is 5.75 Å². The van der Waals surface area contributed by atoms with Crippen LogP contribution < -0.4 is 4.74 Å². The first-order chi connectivity index (χ1) is 12.7. The average molecular weight is 351 g/mol. The number of carbonyl (C=O) groups is 1. The average Bonchev–Trinajstić information content (AvgIpc) is 3.07. The van der Waals surface area contributed by atoms with Crippen molar-refractivity contribution in [2.75, 3.05) is 19.7 Å². The van der Waals surface area contributed by atoms with Gasteiger partial charge in [0.2, 0.25) is 0 Å². The number of hydrogen-bond donors (Lipinski definition) is 0. The Morgan fingerprint density at radius 3 is 2.88 bits per heavy atom. The summed E-state index contributed by atoms with van der Waals surface area (Å²) < 4.78 is 7.45. The maximum atomic E-state index is 12.4. The Labute approximate surface area is 151 Å². The second-order valence-corrected chi connectivity index (χ2v) is 6.56. The Bertz CT molecular complexity index is 901. The molecule has 26 heavy (non-hydrogen) atoms. The van der Waals surface area contributed by atoms with Gasteiger partial charge in [-0.25, -0.2) is 9.50 Å². The minimum atomic E-state index is 0.0158. The first-order valence-corrected chi connectivity index (χ1v) is 8.82. The maximum Gasteiger partial charge on any atom is 0.260 e. The van der Waals surface area contributed by atoms with E-state index in [0.717, 1.165) is 37.3 Å². The van der Waals surface area contributed by atoms with E-state index in [1.807, 2.05) is 34.7 Å². The Hall–Kier alpha value is -2.96. The van der Waals surface area contributed by atoms with E-state index < -0.39 is 0 Å². The minimum Gasteiger partial charge on any atom is -0.482 e. The van der Waals surface area contributed by atoms with Gasteiger partial charge in [0.1, 0.15) is 5.75 Å². The molecule has 7 nitrogen and oxygen atoms in total. The molecule has 1 amide bonds. The minimum absolute atomic E-state index is 0.0158. The molecule has 3 aromatic heterocycles. The second-order valence-electron chi connectivity index (χ2n) is 6.56. The van der Waals surface area contributed by atoms with E-state index in [-0.39, 0.29) is 12.5 Å². The fourth-order valence-electron chi connectivity index (χ4n) is 3.43. The molecular formula is C19H21N5O2. The third-order valence-electron chi connectivity index (χ3n) is 4.77. The number of piperidine rings is 1. The predicted molar refractivity (Wildman–Crippen MR) is 96.0 cm³/mol. The third kappa shape index (κ3) is 3.37. The third-order valence-corrected chi connectivity index (χ3v) is 4.77. The predicted octanol–water partition coefficient (Wildman–Crippen LogP) is 2.22. The molecule has 1 fully saturated rings. The number of hydrogen-bond acceptors (Lipinski definition) is 5. The number of ether oxygens (including phenoxy) is 1. The molecule has 0 radical (unpaired) electrons. The molecule has 4 rings (SSSR count). The van der Waals surface area contributed by atoms with Gasteiger partial charge in [0.15, 0.2) is 12.3 Å². The zero-order valence-electron chi connectivity index (χ0n) is 14.7. The van der Waals surface area contributed by atoms with Crippen LogP contribution in [0.4, 0.5) is 0 Å². The highest BCUT2D eigenvalue weighted by atomic mass is 16.5. The maximum absolute atomic E-state index is 12.4. The summed E-state index contributed by atoms with van der Waals surface area (Å²) in [4.78, 5) is 22.6. The van der Waals surface area contributed by atoms with Crippen molar-refractivity contribution < 1.29 is 9.53 Å². The van der Waals surface area contributed by atoms with Crippen LogP contribution in [0.5, 0.6) is 5.75 Å². The summed E-state index contributed by atoms with van der Waals surface area (Å²) in [6, 6.07) is 7.61. The molecule has 0 bridgehead atoms. The fourth-order valence-corrected chi connectivity index (χ4v) is 3.43. The van der Waals surface area contributed by atoms with Crippen molar-refractivity contribution in [3.05, 3.63) is 54.2 Å². The van der Waals surface area contributed by atoms with Gasteiger partial charge in [-0.05, 0) is 38.0 Å². The van der Waals surface area contributed by atoms with Crippen LogP contribution in [-0.2, 0) is 4.79 Å². The summed E-state index contributed by atoms with van der Waals surface area (Å²) >= 11 is 0. The Morgan fingerprint density at radius 1 is 1.27 bits per heavy atom. The lowest BCUT2D eigenvalue weighted by Gasteiger charge is -2.32. The molecule has 0 aliphatic carbocycles. The molecule has 0 spiro atoms. The van der Waals surface area contributed by atoms with Crippen molar-refractivity contribution in [3.63, 3.8) is 0 Å². The summed E-state index contributed by atoms with van der Waals surface area (Å²) in [6.07, 6.45) is 6.95. The van der Waals surface area contributed by atoms with Crippen LogP contribution in [0, 0.1) is 6.92 Å². The van der Waals surface area contributed by atoms with E-state index in [0.29, 0.717) is 11.7 Å². The molecular weight excluding hydrogens is 330 g/mol. The summed E-state index contributed by atoms with van der Waals surface area (Å²) in [5, 5.41) is 4.55. The van der Waals surface area contributed by atoms with E-state index in [4.69, 9.17) is 4.74 Å². The number of likely N-dealkylation sites (tertiary alicyclic amines) is 1. The summed E-state index contributed by atoms with van der Waals surface area (Å²) in [6.45, 7) is 3.48. The lowest BCUT2D eigenvalue weighted by molar-refractivity contribution is -0.134. The highest BCUT2D eigenvalue weighted by Crippen LogP contribution is 2.28. The zero-order valence-corrected chi connectivity index (χ0v) is 14.7. The van der Waals surface area contributed by atoms with Crippen LogP contribution >= 0.6 is 0 Å². The normalized spacial score (nSPS) is 15.3. The van der Waals surface area contributed by atoms with E-state index >= 15 is 0 Å². The van der Waals surface area contributed by atoms with Gasteiger partial charge in [-0.15, -0.1) is 0 Å². The number of nitrogens with zero attached hydrogens (tertiary/aromatic N) is 5. The molecule has 0 atom stereocenters. The van der Waals surface area contributed by atoms with Gasteiger partial charge < -0.3 is 9.64 Å². The number of fused-ring (bicyclic) bond motifs is 1. The molecule has 7 heteroatoms. The van der Waals surface area contributed by atoms with E-state index in [1.54, 1.807) is 24.5 Å². The van der Waals surface area contributed by atoms with Gasteiger partial charge >= 0.3 is 0 Å². The fraction of sp³-hybridized carbons (Fsp3) is 0.368. The molecule has 4 heterocycles. The molecule has 0 saturated carbocycles. The molecule has 0 unspecified atom stereocenters. The van der Waals surface area contributed by atoms with Crippen LogP contribution in [0.15, 0.2) is 42.9 Å². The Balaban J connectivity index is 1.37. The number of aromatic nitrogens is 4. The van der Waals surface area contributed by atoms with Gasteiger partial charge in [-0.1, -0.05) is 0 Å². The number of carbonyl (C=O) groups excluding carboxylic acids is 1.